The Balaban J connectivity index is 2.56. The molecule has 0 atom stereocenters. The first-order chi connectivity index (χ1) is 12.1. The number of nitrogens with zero attached hydrogens (tertiary/aromatic N) is 2. The van der Waals surface area contributed by atoms with Crippen molar-refractivity contribution < 1.29 is 26.7 Å². The molecule has 0 unspecified atom stereocenters. The number of ether oxygens (including phenoxy) is 1. The lowest BCUT2D eigenvalue weighted by atomic mass is 10.0. The molecule has 0 radical (unpaired) electrons. The van der Waals surface area contributed by atoms with Crippen LogP contribution >= 0.6 is 23.2 Å². The van der Waals surface area contributed by atoms with E-state index in [1.807, 2.05) is 6.07 Å². The van der Waals surface area contributed by atoms with E-state index in [4.69, 9.17) is 27.9 Å². The van der Waals surface area contributed by atoms with Crippen molar-refractivity contribution in [3.63, 3.8) is 0 Å². The number of halogens is 7. The van der Waals surface area contributed by atoms with Crippen LogP contribution in [0, 0.1) is 11.3 Å². The second-order valence-electron chi connectivity index (χ2n) is 5.14. The number of rotatable bonds is 5. The topological polar surface area (TPSA) is 38.0 Å². The highest BCUT2D eigenvalue weighted by Gasteiger charge is 2.58. The molecule has 1 aromatic heterocycles. The van der Waals surface area contributed by atoms with Crippen LogP contribution in [0.4, 0.5) is 22.0 Å². The zero-order chi connectivity index (χ0) is 19.7. The van der Waals surface area contributed by atoms with Gasteiger partial charge in [-0.3, -0.25) is 0 Å². The minimum atomic E-state index is -5.71. The summed E-state index contributed by atoms with van der Waals surface area (Å²) in [7, 11) is 0. The molecule has 0 aliphatic heterocycles. The lowest BCUT2D eigenvalue weighted by Crippen LogP contribution is -2.33. The number of alkyl halides is 5. The van der Waals surface area contributed by atoms with Crippen LogP contribution in [0.5, 0.6) is 0 Å². The molecule has 0 aliphatic rings. The number of benzene rings is 1. The van der Waals surface area contributed by atoms with E-state index < -0.39 is 17.7 Å². The number of hydrogen-bond acceptors (Lipinski definition) is 2. The molecule has 0 saturated carbocycles. The van der Waals surface area contributed by atoms with Crippen LogP contribution in [0.2, 0.25) is 10.2 Å². The van der Waals surface area contributed by atoms with Crippen LogP contribution in [0.25, 0.3) is 11.3 Å². The Labute approximate surface area is 155 Å². The average molecular weight is 413 g/mol. The lowest BCUT2D eigenvalue weighted by molar-refractivity contribution is -0.289. The third-order valence-corrected chi connectivity index (χ3v) is 4.42. The fourth-order valence-electron chi connectivity index (χ4n) is 2.27. The maximum atomic E-state index is 13.4. The van der Waals surface area contributed by atoms with E-state index in [0.29, 0.717) is 18.7 Å². The Morgan fingerprint density at radius 1 is 1.12 bits per heavy atom. The Hall–Kier alpha value is -1.82. The quantitative estimate of drug-likeness (QED) is 0.566. The van der Waals surface area contributed by atoms with E-state index in [-0.39, 0.29) is 33.7 Å². The second-order valence-corrected chi connectivity index (χ2v) is 5.88. The largest absolute Gasteiger partial charge is 0.458 e. The van der Waals surface area contributed by atoms with Gasteiger partial charge in [0.15, 0.2) is 0 Å². The maximum absolute atomic E-state index is 13.4. The van der Waals surface area contributed by atoms with Crippen molar-refractivity contribution in [2.45, 2.75) is 25.8 Å². The van der Waals surface area contributed by atoms with Gasteiger partial charge in [-0.05, 0) is 12.5 Å². The van der Waals surface area contributed by atoms with Gasteiger partial charge in [-0.1, -0.05) is 47.5 Å². The van der Waals surface area contributed by atoms with Gasteiger partial charge in [0.2, 0.25) is 0 Å². The van der Waals surface area contributed by atoms with Gasteiger partial charge < -0.3 is 9.30 Å². The SMILES string of the molecule is CCOCn1c(Cl)c(Cl)c(C#N)c1-c1ccc(C(F)(F)C(F)(F)F)cc1. The Morgan fingerprint density at radius 2 is 1.69 bits per heavy atom. The summed E-state index contributed by atoms with van der Waals surface area (Å²) in [5.74, 6) is -4.99. The molecule has 140 valence electrons. The summed E-state index contributed by atoms with van der Waals surface area (Å²) in [6.45, 7) is 1.97. The maximum Gasteiger partial charge on any atom is 0.458 e. The molecular weight excluding hydrogens is 402 g/mol. The van der Waals surface area contributed by atoms with Crippen molar-refractivity contribution in [1.29, 1.82) is 5.26 Å². The molecule has 2 aromatic rings. The lowest BCUT2D eigenvalue weighted by Gasteiger charge is -2.20. The molecule has 0 N–H and O–H groups in total. The van der Waals surface area contributed by atoms with Crippen LogP contribution in [0.15, 0.2) is 24.3 Å². The Bertz CT molecular complexity index is 838. The fourth-order valence-corrected chi connectivity index (χ4v) is 2.73. The van der Waals surface area contributed by atoms with Crippen molar-refractivity contribution >= 4 is 23.2 Å². The first-order valence-corrected chi connectivity index (χ1v) is 7.92. The first-order valence-electron chi connectivity index (χ1n) is 7.17. The highest BCUT2D eigenvalue weighted by molar-refractivity contribution is 6.42. The van der Waals surface area contributed by atoms with Gasteiger partial charge in [-0.25, -0.2) is 0 Å². The van der Waals surface area contributed by atoms with E-state index in [1.165, 1.54) is 4.57 Å². The molecule has 0 spiro atoms. The van der Waals surface area contributed by atoms with Crippen LogP contribution in [-0.2, 0) is 17.4 Å². The summed E-state index contributed by atoms with van der Waals surface area (Å²) < 4.78 is 70.8. The van der Waals surface area contributed by atoms with Crippen molar-refractivity contribution in [3.8, 4) is 17.3 Å². The van der Waals surface area contributed by atoms with E-state index in [2.05, 4.69) is 0 Å². The third-order valence-electron chi connectivity index (χ3n) is 3.56. The van der Waals surface area contributed by atoms with Gasteiger partial charge in [0.05, 0.1) is 16.3 Å². The van der Waals surface area contributed by atoms with E-state index in [0.717, 1.165) is 12.1 Å². The predicted molar refractivity (Wildman–Crippen MR) is 86.2 cm³/mol. The van der Waals surface area contributed by atoms with Crippen LogP contribution in [0.1, 0.15) is 18.1 Å². The smallest absolute Gasteiger partial charge is 0.361 e. The molecule has 1 aromatic carbocycles. The Morgan fingerprint density at radius 3 is 2.15 bits per heavy atom. The summed E-state index contributed by atoms with van der Waals surface area (Å²) in [5, 5.41) is 9.23. The molecule has 0 aliphatic carbocycles. The molecular formula is C16H11Cl2F5N2O. The zero-order valence-electron chi connectivity index (χ0n) is 13.2. The summed E-state index contributed by atoms with van der Waals surface area (Å²) in [4.78, 5) is 0. The van der Waals surface area contributed by atoms with Crippen LogP contribution < -0.4 is 0 Å². The van der Waals surface area contributed by atoms with Crippen molar-refractivity contribution in [2.24, 2.45) is 0 Å². The normalized spacial score (nSPS) is 12.3. The third kappa shape index (κ3) is 3.52. The minimum Gasteiger partial charge on any atom is -0.361 e. The van der Waals surface area contributed by atoms with Crippen molar-refractivity contribution in [3.05, 3.63) is 45.6 Å². The minimum absolute atomic E-state index is 0.00337. The molecule has 3 nitrogen and oxygen atoms in total. The van der Waals surface area contributed by atoms with Crippen molar-refractivity contribution in [2.75, 3.05) is 6.61 Å². The molecule has 0 fully saturated rings. The van der Waals surface area contributed by atoms with Crippen molar-refractivity contribution in [1.82, 2.24) is 4.57 Å². The molecule has 26 heavy (non-hydrogen) atoms. The summed E-state index contributed by atoms with van der Waals surface area (Å²) >= 11 is 12.1. The second kappa shape index (κ2) is 7.43. The highest BCUT2D eigenvalue weighted by Crippen LogP contribution is 2.44. The standard InChI is InChI=1S/C16H11Cl2F5N2O/c1-2-26-8-25-13(11(7-24)12(17)14(25)18)9-3-5-10(6-4-9)15(19,20)16(21,22)23/h3-6H,2,8H2,1H3. The molecule has 0 bridgehead atoms. The van der Waals surface area contributed by atoms with E-state index in [9.17, 15) is 27.2 Å². The van der Waals surface area contributed by atoms with Crippen LogP contribution in [0.3, 0.4) is 0 Å². The van der Waals surface area contributed by atoms with Gasteiger partial charge >= 0.3 is 12.1 Å². The summed E-state index contributed by atoms with van der Waals surface area (Å²) in [6, 6.07) is 5.22. The molecule has 0 saturated heterocycles. The fraction of sp³-hybridized carbons (Fsp3) is 0.312. The first kappa shape index (κ1) is 20.5. The zero-order valence-corrected chi connectivity index (χ0v) is 14.7. The van der Waals surface area contributed by atoms with E-state index >= 15 is 0 Å². The summed E-state index contributed by atoms with van der Waals surface area (Å²) in [6.07, 6.45) is -5.71. The average Bonchev–Trinajstić information content (AvgIpc) is 2.82. The molecule has 0 amide bonds. The molecule has 1 heterocycles. The number of nitriles is 1. The van der Waals surface area contributed by atoms with E-state index in [1.54, 1.807) is 6.92 Å². The monoisotopic (exact) mass is 412 g/mol. The van der Waals surface area contributed by atoms with Gasteiger partial charge in [0.25, 0.3) is 0 Å². The van der Waals surface area contributed by atoms with Gasteiger partial charge in [-0.2, -0.15) is 27.2 Å². The highest BCUT2D eigenvalue weighted by atomic mass is 35.5. The van der Waals surface area contributed by atoms with Gasteiger partial charge in [-0.15, -0.1) is 0 Å². The molecule has 2 rings (SSSR count). The van der Waals surface area contributed by atoms with Gasteiger partial charge in [0, 0.05) is 12.2 Å². The number of hydrogen-bond donors (Lipinski definition) is 0. The van der Waals surface area contributed by atoms with Crippen LogP contribution in [-0.4, -0.2) is 17.4 Å². The molecule has 10 heteroatoms. The summed E-state index contributed by atoms with van der Waals surface area (Å²) in [5.41, 5.74) is -0.895. The predicted octanol–water partition coefficient (Wildman–Crippen LogP) is 5.98. The number of aromatic nitrogens is 1. The Kier molecular flexibility index (Phi) is 5.85. The van der Waals surface area contributed by atoms with Gasteiger partial charge in [0.1, 0.15) is 18.0 Å².